The molecule has 0 saturated heterocycles. The van der Waals surface area contributed by atoms with Gasteiger partial charge in [-0.15, -0.1) is 0 Å². The van der Waals surface area contributed by atoms with E-state index in [2.05, 4.69) is 16.0 Å². The fourth-order valence-corrected chi connectivity index (χ4v) is 2.23. The summed E-state index contributed by atoms with van der Waals surface area (Å²) in [6, 6.07) is 17.0. The van der Waals surface area contributed by atoms with Crippen LogP contribution in [0, 0.1) is 0 Å². The maximum Gasteiger partial charge on any atom is 0.251 e. The van der Waals surface area contributed by atoms with Gasteiger partial charge in [0.25, 0.3) is 5.91 Å². The van der Waals surface area contributed by atoms with E-state index in [4.69, 9.17) is 0 Å². The molecule has 0 aliphatic rings. The quantitative estimate of drug-likeness (QED) is 0.692. The SMILES string of the molecule is CCC(C)NC(=O)CNc1ccc(C(=O)NCc2ccccc2)cc1. The van der Waals surface area contributed by atoms with E-state index >= 15 is 0 Å². The molecular weight excluding hydrogens is 314 g/mol. The first-order valence-corrected chi connectivity index (χ1v) is 8.54. The molecular formula is C20H25N3O2. The molecule has 5 heteroatoms. The van der Waals surface area contributed by atoms with Gasteiger partial charge in [-0.2, -0.15) is 0 Å². The summed E-state index contributed by atoms with van der Waals surface area (Å²) in [5, 5.41) is 8.84. The number of rotatable bonds is 8. The van der Waals surface area contributed by atoms with Crippen LogP contribution in [0.15, 0.2) is 54.6 Å². The van der Waals surface area contributed by atoms with Gasteiger partial charge in [-0.25, -0.2) is 0 Å². The third kappa shape index (κ3) is 6.30. The van der Waals surface area contributed by atoms with E-state index in [-0.39, 0.29) is 24.4 Å². The van der Waals surface area contributed by atoms with Crippen molar-refractivity contribution in [3.63, 3.8) is 0 Å². The van der Waals surface area contributed by atoms with Crippen molar-refractivity contribution in [3.8, 4) is 0 Å². The summed E-state index contributed by atoms with van der Waals surface area (Å²) in [6.45, 7) is 4.71. The van der Waals surface area contributed by atoms with E-state index < -0.39 is 0 Å². The smallest absolute Gasteiger partial charge is 0.251 e. The summed E-state index contributed by atoms with van der Waals surface area (Å²) in [7, 11) is 0. The molecule has 0 saturated carbocycles. The predicted octanol–water partition coefficient (Wildman–Crippen LogP) is 2.94. The highest BCUT2D eigenvalue weighted by Crippen LogP contribution is 2.09. The minimum Gasteiger partial charge on any atom is -0.376 e. The number of hydrogen-bond donors (Lipinski definition) is 3. The fourth-order valence-electron chi connectivity index (χ4n) is 2.23. The number of amides is 2. The van der Waals surface area contributed by atoms with E-state index in [1.54, 1.807) is 24.3 Å². The second kappa shape index (κ2) is 9.47. The van der Waals surface area contributed by atoms with Crippen LogP contribution in [-0.2, 0) is 11.3 Å². The topological polar surface area (TPSA) is 70.2 Å². The Bertz CT molecular complexity index is 684. The van der Waals surface area contributed by atoms with Crippen LogP contribution in [-0.4, -0.2) is 24.4 Å². The second-order valence-corrected chi connectivity index (χ2v) is 5.98. The number of benzene rings is 2. The molecule has 0 radical (unpaired) electrons. The van der Waals surface area contributed by atoms with E-state index in [1.165, 1.54) is 0 Å². The molecule has 1 atom stereocenters. The van der Waals surface area contributed by atoms with Crippen molar-refractivity contribution >= 4 is 17.5 Å². The summed E-state index contributed by atoms with van der Waals surface area (Å²) >= 11 is 0. The van der Waals surface area contributed by atoms with Gasteiger partial charge in [0, 0.05) is 23.8 Å². The van der Waals surface area contributed by atoms with Crippen molar-refractivity contribution in [1.82, 2.24) is 10.6 Å². The number of hydrogen-bond acceptors (Lipinski definition) is 3. The number of carbonyl (C=O) groups excluding carboxylic acids is 2. The van der Waals surface area contributed by atoms with Gasteiger partial charge in [0.1, 0.15) is 0 Å². The minimum atomic E-state index is -0.120. The highest BCUT2D eigenvalue weighted by molar-refractivity contribution is 5.94. The molecule has 2 amide bonds. The van der Waals surface area contributed by atoms with Gasteiger partial charge in [-0.05, 0) is 43.2 Å². The standard InChI is InChI=1S/C20H25N3O2/c1-3-15(2)23-19(24)14-21-18-11-9-17(10-12-18)20(25)22-13-16-7-5-4-6-8-16/h4-12,15,21H,3,13-14H2,1-2H3,(H,22,25)(H,23,24). The van der Waals surface area contributed by atoms with E-state index in [9.17, 15) is 9.59 Å². The van der Waals surface area contributed by atoms with Gasteiger partial charge >= 0.3 is 0 Å². The first kappa shape index (κ1) is 18.5. The Balaban J connectivity index is 1.80. The molecule has 2 aromatic rings. The van der Waals surface area contributed by atoms with E-state index in [0.717, 1.165) is 17.7 Å². The first-order valence-electron chi connectivity index (χ1n) is 8.54. The molecule has 0 aromatic heterocycles. The van der Waals surface area contributed by atoms with Gasteiger partial charge in [0.05, 0.1) is 6.54 Å². The number of nitrogens with one attached hydrogen (secondary N) is 3. The van der Waals surface area contributed by atoms with Crippen molar-refractivity contribution < 1.29 is 9.59 Å². The molecule has 0 heterocycles. The van der Waals surface area contributed by atoms with E-state index in [1.807, 2.05) is 44.2 Å². The van der Waals surface area contributed by atoms with Crippen LogP contribution >= 0.6 is 0 Å². The zero-order valence-corrected chi connectivity index (χ0v) is 14.7. The molecule has 1 unspecified atom stereocenters. The van der Waals surface area contributed by atoms with Crippen LogP contribution in [0.4, 0.5) is 5.69 Å². The maximum absolute atomic E-state index is 12.2. The molecule has 25 heavy (non-hydrogen) atoms. The highest BCUT2D eigenvalue weighted by atomic mass is 16.2. The van der Waals surface area contributed by atoms with Gasteiger partial charge in [-0.1, -0.05) is 37.3 Å². The average Bonchev–Trinajstić information content (AvgIpc) is 2.65. The Morgan fingerprint density at radius 1 is 1.00 bits per heavy atom. The zero-order chi connectivity index (χ0) is 18.1. The van der Waals surface area contributed by atoms with Crippen LogP contribution in [0.25, 0.3) is 0 Å². The molecule has 5 nitrogen and oxygen atoms in total. The fraction of sp³-hybridized carbons (Fsp3) is 0.300. The lowest BCUT2D eigenvalue weighted by atomic mass is 10.1. The third-order valence-electron chi connectivity index (χ3n) is 3.92. The number of carbonyl (C=O) groups is 2. The van der Waals surface area contributed by atoms with Crippen LogP contribution in [0.2, 0.25) is 0 Å². The average molecular weight is 339 g/mol. The molecule has 2 aromatic carbocycles. The largest absolute Gasteiger partial charge is 0.376 e. The van der Waals surface area contributed by atoms with Crippen molar-refractivity contribution in [2.24, 2.45) is 0 Å². The van der Waals surface area contributed by atoms with Crippen LogP contribution < -0.4 is 16.0 Å². The zero-order valence-electron chi connectivity index (χ0n) is 14.7. The lowest BCUT2D eigenvalue weighted by Crippen LogP contribution is -2.36. The summed E-state index contributed by atoms with van der Waals surface area (Å²) in [5.41, 5.74) is 2.45. The lowest BCUT2D eigenvalue weighted by molar-refractivity contribution is -0.120. The molecule has 0 spiro atoms. The Hall–Kier alpha value is -2.82. The first-order chi connectivity index (χ1) is 12.1. The lowest BCUT2D eigenvalue weighted by Gasteiger charge is -2.12. The molecule has 3 N–H and O–H groups in total. The van der Waals surface area contributed by atoms with Gasteiger partial charge in [-0.3, -0.25) is 9.59 Å². The van der Waals surface area contributed by atoms with Crippen molar-refractivity contribution in [3.05, 3.63) is 65.7 Å². The Labute approximate surface area is 148 Å². The second-order valence-electron chi connectivity index (χ2n) is 5.98. The van der Waals surface area contributed by atoms with Crippen LogP contribution in [0.1, 0.15) is 36.2 Å². The third-order valence-corrected chi connectivity index (χ3v) is 3.92. The van der Waals surface area contributed by atoms with Crippen LogP contribution in [0.3, 0.4) is 0 Å². The summed E-state index contributed by atoms with van der Waals surface area (Å²) < 4.78 is 0. The molecule has 2 rings (SSSR count). The Morgan fingerprint density at radius 3 is 2.32 bits per heavy atom. The molecule has 132 valence electrons. The maximum atomic E-state index is 12.2. The normalized spacial score (nSPS) is 11.4. The molecule has 0 aliphatic heterocycles. The Morgan fingerprint density at radius 2 is 1.68 bits per heavy atom. The molecule has 0 aliphatic carbocycles. The highest BCUT2D eigenvalue weighted by Gasteiger charge is 2.07. The monoisotopic (exact) mass is 339 g/mol. The molecule has 0 fully saturated rings. The Kier molecular flexibility index (Phi) is 7.01. The summed E-state index contributed by atoms with van der Waals surface area (Å²) in [6.07, 6.45) is 0.901. The van der Waals surface area contributed by atoms with Gasteiger partial charge in [0.2, 0.25) is 5.91 Å². The summed E-state index contributed by atoms with van der Waals surface area (Å²) in [5.74, 6) is -0.163. The van der Waals surface area contributed by atoms with Crippen molar-refractivity contribution in [2.75, 3.05) is 11.9 Å². The van der Waals surface area contributed by atoms with E-state index in [0.29, 0.717) is 12.1 Å². The van der Waals surface area contributed by atoms with Crippen LogP contribution in [0.5, 0.6) is 0 Å². The summed E-state index contributed by atoms with van der Waals surface area (Å²) in [4.78, 5) is 23.9. The van der Waals surface area contributed by atoms with Gasteiger partial charge in [0.15, 0.2) is 0 Å². The predicted molar refractivity (Wildman–Crippen MR) is 100 cm³/mol. The number of anilines is 1. The molecule has 0 bridgehead atoms. The van der Waals surface area contributed by atoms with Gasteiger partial charge < -0.3 is 16.0 Å². The van der Waals surface area contributed by atoms with Crippen molar-refractivity contribution in [1.29, 1.82) is 0 Å². The van der Waals surface area contributed by atoms with Crippen molar-refractivity contribution in [2.45, 2.75) is 32.9 Å². The minimum absolute atomic E-state index is 0.0426.